The van der Waals surface area contributed by atoms with Gasteiger partial charge in [0.15, 0.2) is 0 Å². The van der Waals surface area contributed by atoms with Crippen molar-refractivity contribution in [2.75, 3.05) is 7.11 Å². The van der Waals surface area contributed by atoms with Crippen molar-refractivity contribution in [1.29, 1.82) is 0 Å². The summed E-state index contributed by atoms with van der Waals surface area (Å²) in [5, 5.41) is 0. The smallest absolute Gasteiger partial charge is 0.131 e. The lowest BCUT2D eigenvalue weighted by molar-refractivity contribution is 0.414. The van der Waals surface area contributed by atoms with E-state index in [1.807, 2.05) is 38.1 Å². The predicted molar refractivity (Wildman–Crippen MR) is 67.9 cm³/mol. The minimum absolute atomic E-state index is 0.197. The number of ether oxygens (including phenoxy) is 1. The van der Waals surface area contributed by atoms with Crippen LogP contribution in [0.5, 0.6) is 5.75 Å². The van der Waals surface area contributed by atoms with Crippen molar-refractivity contribution in [1.82, 2.24) is 0 Å². The van der Waals surface area contributed by atoms with E-state index in [2.05, 4.69) is 0 Å². The Morgan fingerprint density at radius 3 is 2.35 bits per heavy atom. The van der Waals surface area contributed by atoms with Crippen LogP contribution >= 0.6 is 0 Å². The van der Waals surface area contributed by atoms with Gasteiger partial charge in [0.05, 0.1) is 7.11 Å². The Bertz CT molecular complexity index is 547. The molecule has 0 bridgehead atoms. The summed E-state index contributed by atoms with van der Waals surface area (Å²) in [6, 6.07) is 11.0. The second-order valence-electron chi connectivity index (χ2n) is 4.22. The Hall–Kier alpha value is -1.83. The lowest BCUT2D eigenvalue weighted by atomic mass is 10.0. The molecule has 2 aromatic carbocycles. The van der Waals surface area contributed by atoms with Gasteiger partial charge in [0.25, 0.3) is 0 Å². The molecule has 0 aliphatic heterocycles. The van der Waals surface area contributed by atoms with Crippen molar-refractivity contribution in [3.63, 3.8) is 0 Å². The molecular formula is C15H15FO. The highest BCUT2D eigenvalue weighted by Gasteiger charge is 2.07. The lowest BCUT2D eigenvalue weighted by Crippen LogP contribution is -1.89. The number of halogens is 1. The van der Waals surface area contributed by atoms with Gasteiger partial charge in [0.2, 0.25) is 0 Å². The predicted octanol–water partition coefficient (Wildman–Crippen LogP) is 4.12. The van der Waals surface area contributed by atoms with Gasteiger partial charge in [0, 0.05) is 5.56 Å². The molecule has 2 rings (SSSR count). The fraction of sp³-hybridized carbons (Fsp3) is 0.200. The second kappa shape index (κ2) is 4.58. The van der Waals surface area contributed by atoms with Crippen LogP contribution in [0.15, 0.2) is 36.4 Å². The maximum absolute atomic E-state index is 13.9. The van der Waals surface area contributed by atoms with E-state index in [9.17, 15) is 4.39 Å². The summed E-state index contributed by atoms with van der Waals surface area (Å²) in [5.41, 5.74) is 3.43. The van der Waals surface area contributed by atoms with Gasteiger partial charge in [-0.15, -0.1) is 0 Å². The molecule has 0 unspecified atom stereocenters. The number of hydrogen-bond acceptors (Lipinski definition) is 1. The van der Waals surface area contributed by atoms with E-state index in [1.165, 1.54) is 0 Å². The van der Waals surface area contributed by atoms with Crippen LogP contribution in [0.4, 0.5) is 4.39 Å². The summed E-state index contributed by atoms with van der Waals surface area (Å²) < 4.78 is 19.1. The average Bonchev–Trinajstić information content (AvgIpc) is 2.28. The van der Waals surface area contributed by atoms with Crippen LogP contribution in [0.1, 0.15) is 11.1 Å². The van der Waals surface area contributed by atoms with Crippen molar-refractivity contribution < 1.29 is 9.13 Å². The van der Waals surface area contributed by atoms with Crippen LogP contribution in [-0.2, 0) is 0 Å². The zero-order chi connectivity index (χ0) is 12.4. The largest absolute Gasteiger partial charge is 0.497 e. The molecule has 0 aliphatic rings. The number of hydrogen-bond donors (Lipinski definition) is 0. The van der Waals surface area contributed by atoms with Gasteiger partial charge in [-0.2, -0.15) is 0 Å². The Morgan fingerprint density at radius 2 is 1.71 bits per heavy atom. The summed E-state index contributed by atoms with van der Waals surface area (Å²) in [5.74, 6) is 0.553. The molecule has 0 N–H and O–H groups in total. The summed E-state index contributed by atoms with van der Waals surface area (Å²) in [4.78, 5) is 0. The first-order chi connectivity index (χ1) is 8.10. The zero-order valence-corrected chi connectivity index (χ0v) is 10.3. The van der Waals surface area contributed by atoms with Crippen LogP contribution in [0.2, 0.25) is 0 Å². The van der Waals surface area contributed by atoms with Gasteiger partial charge in [-0.3, -0.25) is 0 Å². The zero-order valence-electron chi connectivity index (χ0n) is 10.3. The van der Waals surface area contributed by atoms with Gasteiger partial charge in [-0.25, -0.2) is 4.39 Å². The van der Waals surface area contributed by atoms with Gasteiger partial charge >= 0.3 is 0 Å². The Balaban J connectivity index is 2.55. The Morgan fingerprint density at radius 1 is 0.941 bits per heavy atom. The molecule has 0 amide bonds. The molecule has 0 aromatic heterocycles. The lowest BCUT2D eigenvalue weighted by Gasteiger charge is -2.08. The molecule has 0 saturated carbocycles. The van der Waals surface area contributed by atoms with E-state index >= 15 is 0 Å². The molecular weight excluding hydrogens is 215 g/mol. The van der Waals surface area contributed by atoms with Gasteiger partial charge < -0.3 is 4.74 Å². The fourth-order valence-electron chi connectivity index (χ4n) is 1.88. The molecule has 0 heterocycles. The normalized spacial score (nSPS) is 10.4. The van der Waals surface area contributed by atoms with Crippen molar-refractivity contribution in [3.8, 4) is 16.9 Å². The third-order valence-electron chi connectivity index (χ3n) is 2.72. The highest BCUT2D eigenvalue weighted by atomic mass is 19.1. The Labute approximate surface area is 101 Å². The average molecular weight is 230 g/mol. The minimum Gasteiger partial charge on any atom is -0.497 e. The van der Waals surface area contributed by atoms with Crippen molar-refractivity contribution >= 4 is 0 Å². The molecule has 0 saturated heterocycles. The van der Waals surface area contributed by atoms with Crippen LogP contribution < -0.4 is 4.74 Å². The first-order valence-corrected chi connectivity index (χ1v) is 5.52. The first kappa shape index (κ1) is 11.6. The van der Waals surface area contributed by atoms with E-state index in [0.29, 0.717) is 5.56 Å². The minimum atomic E-state index is -0.197. The third kappa shape index (κ3) is 2.47. The van der Waals surface area contributed by atoms with Gasteiger partial charge in [0.1, 0.15) is 11.6 Å². The summed E-state index contributed by atoms with van der Waals surface area (Å²) >= 11 is 0. The second-order valence-corrected chi connectivity index (χ2v) is 4.22. The van der Waals surface area contributed by atoms with Crippen LogP contribution in [0.3, 0.4) is 0 Å². The number of methoxy groups -OCH3 is 1. The Kier molecular flexibility index (Phi) is 3.14. The number of rotatable bonds is 2. The fourth-order valence-corrected chi connectivity index (χ4v) is 1.88. The molecule has 0 atom stereocenters. The molecule has 2 heteroatoms. The van der Waals surface area contributed by atoms with Crippen LogP contribution in [0.25, 0.3) is 11.1 Å². The monoisotopic (exact) mass is 230 g/mol. The van der Waals surface area contributed by atoms with Crippen molar-refractivity contribution in [2.24, 2.45) is 0 Å². The maximum Gasteiger partial charge on any atom is 0.131 e. The van der Waals surface area contributed by atoms with E-state index in [0.717, 1.165) is 22.4 Å². The first-order valence-electron chi connectivity index (χ1n) is 5.52. The standard InChI is InChI=1S/C15H15FO/c1-10-4-5-14(15(16)8-10)12-6-11(2)7-13(9-12)17-3/h4-9H,1-3H3. The number of aryl methyl sites for hydroxylation is 2. The third-order valence-corrected chi connectivity index (χ3v) is 2.72. The SMILES string of the molecule is COc1cc(C)cc(-c2ccc(C)cc2F)c1. The number of benzene rings is 2. The highest BCUT2D eigenvalue weighted by Crippen LogP contribution is 2.28. The molecule has 0 fully saturated rings. The topological polar surface area (TPSA) is 9.23 Å². The summed E-state index contributed by atoms with van der Waals surface area (Å²) in [6.07, 6.45) is 0. The molecule has 17 heavy (non-hydrogen) atoms. The molecule has 88 valence electrons. The van der Waals surface area contributed by atoms with E-state index in [-0.39, 0.29) is 5.82 Å². The molecule has 0 spiro atoms. The van der Waals surface area contributed by atoms with E-state index in [4.69, 9.17) is 4.74 Å². The van der Waals surface area contributed by atoms with Gasteiger partial charge in [-0.05, 0) is 48.7 Å². The van der Waals surface area contributed by atoms with E-state index < -0.39 is 0 Å². The molecule has 1 nitrogen and oxygen atoms in total. The van der Waals surface area contributed by atoms with Crippen LogP contribution in [0, 0.1) is 19.7 Å². The molecule has 2 aromatic rings. The van der Waals surface area contributed by atoms with Crippen molar-refractivity contribution in [3.05, 3.63) is 53.3 Å². The van der Waals surface area contributed by atoms with Crippen molar-refractivity contribution in [2.45, 2.75) is 13.8 Å². The maximum atomic E-state index is 13.9. The van der Waals surface area contributed by atoms with Crippen LogP contribution in [-0.4, -0.2) is 7.11 Å². The molecule has 0 aliphatic carbocycles. The van der Waals surface area contributed by atoms with Gasteiger partial charge in [-0.1, -0.05) is 18.2 Å². The summed E-state index contributed by atoms with van der Waals surface area (Å²) in [7, 11) is 1.62. The van der Waals surface area contributed by atoms with E-state index in [1.54, 1.807) is 19.2 Å². The molecule has 0 radical (unpaired) electrons. The quantitative estimate of drug-likeness (QED) is 0.754. The summed E-state index contributed by atoms with van der Waals surface area (Å²) in [6.45, 7) is 3.85. The highest BCUT2D eigenvalue weighted by molar-refractivity contribution is 5.67.